The van der Waals surface area contributed by atoms with Gasteiger partial charge in [-0.05, 0) is 31.4 Å². The number of carbonyl (C=O) groups is 2. The molecule has 0 aliphatic heterocycles. The predicted octanol–water partition coefficient (Wildman–Crippen LogP) is 3.25. The molecule has 0 bridgehead atoms. The Labute approximate surface area is 134 Å². The van der Waals surface area contributed by atoms with Crippen LogP contribution in [0.3, 0.4) is 0 Å². The van der Waals surface area contributed by atoms with Gasteiger partial charge in [0.15, 0.2) is 5.78 Å². The number of benzene rings is 1. The van der Waals surface area contributed by atoms with Crippen LogP contribution in [0.4, 0.5) is 4.39 Å². The number of hydrogen-bond donors (Lipinski definition) is 1. The molecular weight excluding hydrogens is 295 g/mol. The van der Waals surface area contributed by atoms with Crippen LogP contribution in [0.1, 0.15) is 50.5 Å². The molecule has 0 radical (unpaired) electrons. The third-order valence-corrected chi connectivity index (χ3v) is 4.36. The van der Waals surface area contributed by atoms with E-state index in [1.807, 2.05) is 0 Å². The van der Waals surface area contributed by atoms with Crippen molar-refractivity contribution in [3.8, 4) is 0 Å². The molecule has 0 saturated carbocycles. The molecule has 1 amide bonds. The van der Waals surface area contributed by atoms with Crippen LogP contribution >= 0.6 is 0 Å². The molecule has 1 aliphatic rings. The summed E-state index contributed by atoms with van der Waals surface area (Å²) in [7, 11) is 1.63. The van der Waals surface area contributed by atoms with Gasteiger partial charge in [0.1, 0.15) is 11.5 Å². The fourth-order valence-corrected chi connectivity index (χ4v) is 3.13. The number of nitrogens with one attached hydrogen (secondary N) is 1. The number of aryl methyl sites for hydroxylation is 1. The van der Waals surface area contributed by atoms with Crippen molar-refractivity contribution in [2.75, 3.05) is 7.05 Å². The number of hydrogen-bond acceptors (Lipinski definition) is 2. The van der Waals surface area contributed by atoms with E-state index in [1.165, 1.54) is 11.0 Å². The Morgan fingerprint density at radius 3 is 2.74 bits per heavy atom. The van der Waals surface area contributed by atoms with Gasteiger partial charge in [0.2, 0.25) is 0 Å². The number of ketones is 1. The maximum Gasteiger partial charge on any atom is 0.270 e. The Balaban J connectivity index is 1.86. The van der Waals surface area contributed by atoms with Crippen LogP contribution in [-0.4, -0.2) is 28.6 Å². The Morgan fingerprint density at radius 2 is 2.04 bits per heavy atom. The molecule has 1 aliphatic carbocycles. The van der Waals surface area contributed by atoms with Gasteiger partial charge < -0.3 is 9.88 Å². The maximum absolute atomic E-state index is 13.7. The highest BCUT2D eigenvalue weighted by atomic mass is 19.1. The zero-order chi connectivity index (χ0) is 16.6. The Morgan fingerprint density at radius 1 is 1.30 bits per heavy atom. The number of halogens is 1. The second kappa shape index (κ2) is 5.99. The van der Waals surface area contributed by atoms with Crippen molar-refractivity contribution >= 4 is 11.7 Å². The molecule has 0 fully saturated rings. The SMILES string of the molecule is Cc1c(C(=O)N(C)Cc2ccccc2F)[nH]c2c1C(=O)CCC2. The van der Waals surface area contributed by atoms with Crippen LogP contribution < -0.4 is 0 Å². The fraction of sp³-hybridized carbons (Fsp3) is 0.333. The maximum atomic E-state index is 13.7. The summed E-state index contributed by atoms with van der Waals surface area (Å²) in [4.78, 5) is 29.3. The van der Waals surface area contributed by atoms with E-state index in [0.717, 1.165) is 18.5 Å². The number of aromatic amines is 1. The molecule has 1 heterocycles. The number of nitrogens with zero attached hydrogens (tertiary/aromatic N) is 1. The molecule has 0 saturated heterocycles. The van der Waals surface area contributed by atoms with E-state index in [0.29, 0.717) is 28.8 Å². The van der Waals surface area contributed by atoms with E-state index in [9.17, 15) is 14.0 Å². The number of carbonyl (C=O) groups excluding carboxylic acids is 2. The molecule has 2 aromatic rings. The molecule has 4 nitrogen and oxygen atoms in total. The summed E-state index contributed by atoms with van der Waals surface area (Å²) < 4.78 is 13.7. The van der Waals surface area contributed by atoms with Gasteiger partial charge in [-0.15, -0.1) is 0 Å². The molecule has 3 rings (SSSR count). The third kappa shape index (κ3) is 2.79. The summed E-state index contributed by atoms with van der Waals surface area (Å²) >= 11 is 0. The summed E-state index contributed by atoms with van der Waals surface area (Å²) in [6.45, 7) is 1.98. The van der Waals surface area contributed by atoms with Crippen LogP contribution in [0.15, 0.2) is 24.3 Å². The highest BCUT2D eigenvalue weighted by molar-refractivity contribution is 6.04. The molecule has 23 heavy (non-hydrogen) atoms. The molecular formula is C18H19FN2O2. The summed E-state index contributed by atoms with van der Waals surface area (Å²) in [5, 5.41) is 0. The second-order valence-electron chi connectivity index (χ2n) is 6.01. The highest BCUT2D eigenvalue weighted by Gasteiger charge is 2.27. The fourth-order valence-electron chi connectivity index (χ4n) is 3.13. The Bertz CT molecular complexity index is 779. The third-order valence-electron chi connectivity index (χ3n) is 4.36. The monoisotopic (exact) mass is 314 g/mol. The average Bonchev–Trinajstić information content (AvgIpc) is 2.87. The number of amides is 1. The topological polar surface area (TPSA) is 53.2 Å². The number of Topliss-reactive ketones (excluding diaryl/α,β-unsaturated/α-hetero) is 1. The molecule has 0 unspecified atom stereocenters. The second-order valence-corrected chi connectivity index (χ2v) is 6.01. The van der Waals surface area contributed by atoms with Crippen LogP contribution in [-0.2, 0) is 13.0 Å². The molecule has 1 aromatic heterocycles. The molecule has 1 aromatic carbocycles. The van der Waals surface area contributed by atoms with E-state index < -0.39 is 0 Å². The van der Waals surface area contributed by atoms with Crippen LogP contribution in [0.25, 0.3) is 0 Å². The first-order chi connectivity index (χ1) is 11.0. The lowest BCUT2D eigenvalue weighted by Gasteiger charge is -2.17. The predicted molar refractivity (Wildman–Crippen MR) is 85.0 cm³/mol. The van der Waals surface area contributed by atoms with Crippen LogP contribution in [0, 0.1) is 12.7 Å². The van der Waals surface area contributed by atoms with Crippen LogP contribution in [0.2, 0.25) is 0 Å². The van der Waals surface area contributed by atoms with Crippen molar-refractivity contribution in [3.63, 3.8) is 0 Å². The zero-order valence-electron chi connectivity index (χ0n) is 13.3. The summed E-state index contributed by atoms with van der Waals surface area (Å²) in [6.07, 6.45) is 2.13. The first kappa shape index (κ1) is 15.5. The van der Waals surface area contributed by atoms with E-state index in [1.54, 1.807) is 32.2 Å². The van der Waals surface area contributed by atoms with E-state index in [-0.39, 0.29) is 24.1 Å². The molecule has 120 valence electrons. The number of rotatable bonds is 3. The first-order valence-corrected chi connectivity index (χ1v) is 7.72. The van der Waals surface area contributed by atoms with Crippen molar-refractivity contribution in [1.82, 2.24) is 9.88 Å². The van der Waals surface area contributed by atoms with Gasteiger partial charge in [-0.2, -0.15) is 0 Å². The van der Waals surface area contributed by atoms with Gasteiger partial charge in [0.25, 0.3) is 5.91 Å². The summed E-state index contributed by atoms with van der Waals surface area (Å²) in [6, 6.07) is 6.41. The van der Waals surface area contributed by atoms with Crippen LogP contribution in [0.5, 0.6) is 0 Å². The lowest BCUT2D eigenvalue weighted by molar-refractivity contribution is 0.0777. The van der Waals surface area contributed by atoms with Gasteiger partial charge in [-0.3, -0.25) is 9.59 Å². The van der Waals surface area contributed by atoms with Gasteiger partial charge >= 0.3 is 0 Å². The smallest absolute Gasteiger partial charge is 0.270 e. The van der Waals surface area contributed by atoms with Crippen molar-refractivity contribution in [1.29, 1.82) is 0 Å². The van der Waals surface area contributed by atoms with Gasteiger partial charge in [-0.1, -0.05) is 18.2 Å². The Kier molecular flexibility index (Phi) is 4.03. The zero-order valence-corrected chi connectivity index (χ0v) is 13.3. The molecule has 0 atom stereocenters. The van der Waals surface area contributed by atoms with E-state index in [4.69, 9.17) is 0 Å². The average molecular weight is 314 g/mol. The quantitative estimate of drug-likeness (QED) is 0.945. The summed E-state index contributed by atoms with van der Waals surface area (Å²) in [5.74, 6) is -0.464. The van der Waals surface area contributed by atoms with Gasteiger partial charge in [0.05, 0.1) is 0 Å². The van der Waals surface area contributed by atoms with Gasteiger partial charge in [0, 0.05) is 36.8 Å². The van der Waals surface area contributed by atoms with Gasteiger partial charge in [-0.25, -0.2) is 4.39 Å². The lowest BCUT2D eigenvalue weighted by atomic mass is 9.94. The number of H-pyrrole nitrogens is 1. The lowest BCUT2D eigenvalue weighted by Crippen LogP contribution is -2.27. The number of aromatic nitrogens is 1. The van der Waals surface area contributed by atoms with Crippen molar-refractivity contribution in [2.45, 2.75) is 32.7 Å². The van der Waals surface area contributed by atoms with Crippen molar-refractivity contribution in [3.05, 3.63) is 58.2 Å². The molecule has 1 N–H and O–H groups in total. The normalized spacial score (nSPS) is 13.8. The highest BCUT2D eigenvalue weighted by Crippen LogP contribution is 2.27. The Hall–Kier alpha value is -2.43. The summed E-state index contributed by atoms with van der Waals surface area (Å²) in [5.41, 5.74) is 3.12. The molecule has 0 spiro atoms. The number of fused-ring (bicyclic) bond motifs is 1. The standard InChI is InChI=1S/C18H19FN2O2/c1-11-16-14(8-5-9-15(16)22)20-17(11)18(23)21(2)10-12-6-3-4-7-13(12)19/h3-4,6-7,20H,5,8-10H2,1-2H3. The minimum atomic E-state index is -0.329. The van der Waals surface area contributed by atoms with E-state index in [2.05, 4.69) is 4.98 Å². The first-order valence-electron chi connectivity index (χ1n) is 7.72. The van der Waals surface area contributed by atoms with Crippen molar-refractivity contribution < 1.29 is 14.0 Å². The van der Waals surface area contributed by atoms with E-state index >= 15 is 0 Å². The minimum absolute atomic E-state index is 0.0933. The largest absolute Gasteiger partial charge is 0.354 e. The molecule has 5 heteroatoms. The van der Waals surface area contributed by atoms with Crippen molar-refractivity contribution in [2.24, 2.45) is 0 Å². The minimum Gasteiger partial charge on any atom is -0.354 e.